The number of carbonyl (C=O) groups excluding carboxylic acids is 1. The molecule has 3 aromatic heterocycles. The van der Waals surface area contributed by atoms with Crippen molar-refractivity contribution in [3.05, 3.63) is 42.0 Å². The molecule has 23 heavy (non-hydrogen) atoms. The van der Waals surface area contributed by atoms with Crippen LogP contribution in [-0.4, -0.2) is 32.3 Å². The topological polar surface area (TPSA) is 85.5 Å². The lowest BCUT2D eigenvalue weighted by atomic mass is 10.3. The first kappa shape index (κ1) is 14.9. The Morgan fingerprint density at radius 3 is 3.00 bits per heavy atom. The second-order valence-electron chi connectivity index (χ2n) is 5.11. The third kappa shape index (κ3) is 2.96. The Kier molecular flexibility index (Phi) is 3.88. The highest BCUT2D eigenvalue weighted by atomic mass is 16.5. The molecule has 0 fully saturated rings. The van der Waals surface area contributed by atoms with Crippen LogP contribution in [0.25, 0.3) is 5.65 Å². The lowest BCUT2D eigenvalue weighted by Crippen LogP contribution is -2.29. The zero-order valence-corrected chi connectivity index (χ0v) is 13.2. The van der Waals surface area contributed by atoms with E-state index in [0.29, 0.717) is 18.1 Å². The van der Waals surface area contributed by atoms with Gasteiger partial charge in [-0.15, -0.1) is 5.10 Å². The van der Waals surface area contributed by atoms with E-state index in [-0.39, 0.29) is 6.03 Å². The minimum atomic E-state index is -0.332. The minimum absolute atomic E-state index is 0.332. The molecule has 0 radical (unpaired) electrons. The van der Waals surface area contributed by atoms with E-state index in [1.807, 2.05) is 35.7 Å². The van der Waals surface area contributed by atoms with Crippen molar-refractivity contribution in [2.75, 3.05) is 12.4 Å². The molecule has 3 heterocycles. The van der Waals surface area contributed by atoms with Gasteiger partial charge >= 0.3 is 6.03 Å². The summed E-state index contributed by atoms with van der Waals surface area (Å²) in [7, 11) is 3.26. The van der Waals surface area contributed by atoms with E-state index < -0.39 is 0 Å². The first-order valence-electron chi connectivity index (χ1n) is 7.13. The van der Waals surface area contributed by atoms with Crippen LogP contribution in [0.4, 0.5) is 10.5 Å². The predicted octanol–water partition coefficient (Wildman–Crippen LogP) is 1.71. The van der Waals surface area contributed by atoms with Crippen molar-refractivity contribution < 1.29 is 9.53 Å². The SMILES string of the molecule is COc1nn(C)cc1NC(=O)NCc1c(C)nc2ccccn12. The van der Waals surface area contributed by atoms with E-state index in [9.17, 15) is 4.79 Å². The van der Waals surface area contributed by atoms with Crippen LogP contribution in [0.1, 0.15) is 11.4 Å². The van der Waals surface area contributed by atoms with Gasteiger partial charge in [0.1, 0.15) is 11.3 Å². The fourth-order valence-electron chi connectivity index (χ4n) is 2.41. The molecule has 120 valence electrons. The van der Waals surface area contributed by atoms with Crippen molar-refractivity contribution in [1.29, 1.82) is 0 Å². The van der Waals surface area contributed by atoms with Crippen LogP contribution in [0.2, 0.25) is 0 Å². The number of nitrogens with one attached hydrogen (secondary N) is 2. The van der Waals surface area contributed by atoms with Crippen molar-refractivity contribution in [2.45, 2.75) is 13.5 Å². The van der Waals surface area contributed by atoms with Gasteiger partial charge in [-0.2, -0.15) is 0 Å². The van der Waals surface area contributed by atoms with E-state index in [4.69, 9.17) is 4.74 Å². The largest absolute Gasteiger partial charge is 0.478 e. The monoisotopic (exact) mass is 314 g/mol. The standard InChI is InChI=1S/C15H18N6O2/c1-10-12(21-7-5-4-6-13(21)17-10)8-16-15(22)18-11-9-20(2)19-14(11)23-3/h4-7,9H,8H2,1-3H3,(H2,16,18,22). The summed E-state index contributed by atoms with van der Waals surface area (Å²) in [6, 6.07) is 5.46. The van der Waals surface area contributed by atoms with Crippen molar-refractivity contribution in [3.63, 3.8) is 0 Å². The van der Waals surface area contributed by atoms with Gasteiger partial charge in [-0.25, -0.2) is 9.78 Å². The van der Waals surface area contributed by atoms with Crippen molar-refractivity contribution >= 4 is 17.4 Å². The molecule has 8 heteroatoms. The maximum atomic E-state index is 12.1. The van der Waals surface area contributed by atoms with Gasteiger partial charge in [-0.1, -0.05) is 6.07 Å². The number of imidazole rings is 1. The molecule has 8 nitrogen and oxygen atoms in total. The molecule has 0 spiro atoms. The maximum Gasteiger partial charge on any atom is 0.319 e. The van der Waals surface area contributed by atoms with E-state index >= 15 is 0 Å². The van der Waals surface area contributed by atoms with E-state index in [2.05, 4.69) is 20.7 Å². The van der Waals surface area contributed by atoms with Gasteiger partial charge in [-0.3, -0.25) is 4.68 Å². The van der Waals surface area contributed by atoms with Gasteiger partial charge in [0, 0.05) is 13.2 Å². The summed E-state index contributed by atoms with van der Waals surface area (Å²) < 4.78 is 8.64. The molecule has 2 N–H and O–H groups in total. The number of pyridine rings is 1. The number of nitrogens with zero attached hydrogens (tertiary/aromatic N) is 4. The number of rotatable bonds is 4. The predicted molar refractivity (Wildman–Crippen MR) is 85.5 cm³/mol. The number of fused-ring (bicyclic) bond motifs is 1. The second kappa shape index (κ2) is 5.99. The molecule has 0 atom stereocenters. The van der Waals surface area contributed by atoms with Crippen LogP contribution in [0, 0.1) is 6.92 Å². The number of amides is 2. The van der Waals surface area contributed by atoms with Crippen LogP contribution in [0.15, 0.2) is 30.6 Å². The first-order chi connectivity index (χ1) is 11.1. The molecule has 0 saturated heterocycles. The summed E-state index contributed by atoms with van der Waals surface area (Å²) in [5, 5.41) is 9.63. The number of urea groups is 1. The number of methoxy groups -OCH3 is 1. The lowest BCUT2D eigenvalue weighted by molar-refractivity contribution is 0.251. The Morgan fingerprint density at radius 2 is 2.22 bits per heavy atom. The van der Waals surface area contributed by atoms with E-state index in [0.717, 1.165) is 17.0 Å². The highest BCUT2D eigenvalue weighted by molar-refractivity contribution is 5.90. The molecule has 0 aliphatic heterocycles. The summed E-state index contributed by atoms with van der Waals surface area (Å²) in [5.41, 5.74) is 3.20. The van der Waals surface area contributed by atoms with Gasteiger partial charge in [0.15, 0.2) is 0 Å². The first-order valence-corrected chi connectivity index (χ1v) is 7.13. The Hall–Kier alpha value is -3.03. The van der Waals surface area contributed by atoms with Crippen LogP contribution in [0.5, 0.6) is 5.88 Å². The van der Waals surface area contributed by atoms with Crippen molar-refractivity contribution in [1.82, 2.24) is 24.5 Å². The molecule has 3 rings (SSSR count). The smallest absolute Gasteiger partial charge is 0.319 e. The summed E-state index contributed by atoms with van der Waals surface area (Å²) in [4.78, 5) is 16.6. The Bertz CT molecular complexity index is 851. The lowest BCUT2D eigenvalue weighted by Gasteiger charge is -2.07. The molecular weight excluding hydrogens is 296 g/mol. The van der Waals surface area contributed by atoms with Gasteiger partial charge in [-0.05, 0) is 19.1 Å². The summed E-state index contributed by atoms with van der Waals surface area (Å²) >= 11 is 0. The summed E-state index contributed by atoms with van der Waals surface area (Å²) in [6.07, 6.45) is 3.60. The maximum absolute atomic E-state index is 12.1. The van der Waals surface area contributed by atoms with Gasteiger partial charge < -0.3 is 19.8 Å². The third-order valence-electron chi connectivity index (χ3n) is 3.48. The van der Waals surface area contributed by atoms with Gasteiger partial charge in [0.2, 0.25) is 0 Å². The van der Waals surface area contributed by atoms with Crippen LogP contribution >= 0.6 is 0 Å². The fraction of sp³-hybridized carbons (Fsp3) is 0.267. The van der Waals surface area contributed by atoms with E-state index in [1.54, 1.807) is 17.9 Å². The number of anilines is 1. The number of aromatic nitrogens is 4. The Morgan fingerprint density at radius 1 is 1.39 bits per heavy atom. The number of ether oxygens (including phenoxy) is 1. The highest BCUT2D eigenvalue weighted by Crippen LogP contribution is 2.20. The molecule has 3 aromatic rings. The van der Waals surface area contributed by atoms with Crippen LogP contribution in [0.3, 0.4) is 0 Å². The number of hydrogen-bond acceptors (Lipinski definition) is 4. The van der Waals surface area contributed by atoms with Gasteiger partial charge in [0.25, 0.3) is 5.88 Å². The van der Waals surface area contributed by atoms with Crippen LogP contribution < -0.4 is 15.4 Å². The van der Waals surface area contributed by atoms with Gasteiger partial charge in [0.05, 0.1) is 31.2 Å². The van der Waals surface area contributed by atoms with E-state index in [1.165, 1.54) is 7.11 Å². The molecule has 0 aromatic carbocycles. The van der Waals surface area contributed by atoms with Crippen molar-refractivity contribution in [2.24, 2.45) is 7.05 Å². The third-order valence-corrected chi connectivity index (χ3v) is 3.48. The fourth-order valence-corrected chi connectivity index (χ4v) is 2.41. The zero-order valence-electron chi connectivity index (χ0n) is 13.2. The molecule has 0 aliphatic rings. The average molecular weight is 314 g/mol. The quantitative estimate of drug-likeness (QED) is 0.767. The highest BCUT2D eigenvalue weighted by Gasteiger charge is 2.13. The van der Waals surface area contributed by atoms with Crippen LogP contribution in [-0.2, 0) is 13.6 Å². The average Bonchev–Trinajstić information content (AvgIpc) is 3.04. The molecule has 0 aliphatic carbocycles. The summed E-state index contributed by atoms with van der Waals surface area (Å²) in [5.74, 6) is 0.369. The second-order valence-corrected chi connectivity index (χ2v) is 5.11. The molecule has 0 unspecified atom stereocenters. The summed E-state index contributed by atoms with van der Waals surface area (Å²) in [6.45, 7) is 2.29. The number of aryl methyl sites for hydroxylation is 2. The Labute approximate surface area is 133 Å². The molecular formula is C15H18N6O2. The van der Waals surface area contributed by atoms with Crippen molar-refractivity contribution in [3.8, 4) is 5.88 Å². The Balaban J connectivity index is 1.70. The zero-order chi connectivity index (χ0) is 16.4. The molecule has 0 bridgehead atoms. The molecule has 0 saturated carbocycles. The number of carbonyl (C=O) groups is 1. The minimum Gasteiger partial charge on any atom is -0.478 e. The molecule has 2 amide bonds. The number of hydrogen-bond donors (Lipinski definition) is 2. The normalized spacial score (nSPS) is 10.7.